The fourth-order valence-corrected chi connectivity index (χ4v) is 3.08. The van der Waals surface area contributed by atoms with Crippen LogP contribution >= 0.6 is 0 Å². The summed E-state index contributed by atoms with van der Waals surface area (Å²) in [5.41, 5.74) is 0. The van der Waals surface area contributed by atoms with Gasteiger partial charge in [-0.1, -0.05) is 6.92 Å². The van der Waals surface area contributed by atoms with E-state index in [1.54, 1.807) is 0 Å². The van der Waals surface area contributed by atoms with Gasteiger partial charge in [-0.25, -0.2) is 0 Å². The lowest BCUT2D eigenvalue weighted by atomic mass is 9.97. The first kappa shape index (κ1) is 10.9. The van der Waals surface area contributed by atoms with E-state index in [-0.39, 0.29) is 6.04 Å². The lowest BCUT2D eigenvalue weighted by Gasteiger charge is -2.37. The summed E-state index contributed by atoms with van der Waals surface area (Å²) in [4.78, 5) is 2.30. The van der Waals surface area contributed by atoms with Gasteiger partial charge in [0.1, 0.15) is 0 Å². The van der Waals surface area contributed by atoms with Gasteiger partial charge >= 0.3 is 0 Å². The maximum absolute atomic E-state index is 9.07. The molecule has 0 spiro atoms. The standard InChI is InChI=1S/C12H21N3/c1-3-11(8-13)15(2)12-6-9-4-5-10(7-12)14-9/h9-12,14H,3-7H2,1-2H3. The Morgan fingerprint density at radius 3 is 2.47 bits per heavy atom. The molecule has 2 aliphatic heterocycles. The van der Waals surface area contributed by atoms with Crippen molar-refractivity contribution >= 4 is 0 Å². The first-order valence-electron chi connectivity index (χ1n) is 6.12. The molecule has 0 aromatic heterocycles. The Balaban J connectivity index is 1.96. The molecule has 3 unspecified atom stereocenters. The van der Waals surface area contributed by atoms with Crippen LogP contribution in [0.25, 0.3) is 0 Å². The van der Waals surface area contributed by atoms with E-state index in [0.29, 0.717) is 18.1 Å². The second kappa shape index (κ2) is 4.51. The monoisotopic (exact) mass is 207 g/mol. The molecule has 15 heavy (non-hydrogen) atoms. The fraction of sp³-hybridized carbons (Fsp3) is 0.917. The van der Waals surface area contributed by atoms with Crippen LogP contribution in [0.4, 0.5) is 0 Å². The molecule has 3 heteroatoms. The highest BCUT2D eigenvalue weighted by atomic mass is 15.2. The highest BCUT2D eigenvalue weighted by Gasteiger charge is 2.36. The molecule has 0 aliphatic carbocycles. The molecule has 2 fully saturated rings. The second-order valence-corrected chi connectivity index (χ2v) is 4.98. The van der Waals surface area contributed by atoms with Crippen LogP contribution in [0.3, 0.4) is 0 Å². The van der Waals surface area contributed by atoms with Gasteiger partial charge in [-0.2, -0.15) is 5.26 Å². The molecule has 3 nitrogen and oxygen atoms in total. The molecule has 2 rings (SSSR count). The highest BCUT2D eigenvalue weighted by Crippen LogP contribution is 2.30. The van der Waals surface area contributed by atoms with Gasteiger partial charge in [-0.3, -0.25) is 4.90 Å². The van der Waals surface area contributed by atoms with Crippen molar-refractivity contribution in [2.24, 2.45) is 0 Å². The van der Waals surface area contributed by atoms with Gasteiger partial charge in [0, 0.05) is 18.1 Å². The lowest BCUT2D eigenvalue weighted by Crippen LogP contribution is -2.49. The van der Waals surface area contributed by atoms with Crippen LogP contribution in [0, 0.1) is 11.3 Å². The topological polar surface area (TPSA) is 39.1 Å². The summed E-state index contributed by atoms with van der Waals surface area (Å²) in [6.45, 7) is 2.10. The molecule has 2 saturated heterocycles. The van der Waals surface area contributed by atoms with Crippen LogP contribution in [0.5, 0.6) is 0 Å². The predicted octanol–water partition coefficient (Wildman–Crippen LogP) is 1.50. The van der Waals surface area contributed by atoms with Crippen LogP contribution in [0.1, 0.15) is 39.0 Å². The quantitative estimate of drug-likeness (QED) is 0.762. The van der Waals surface area contributed by atoms with E-state index in [9.17, 15) is 0 Å². The fourth-order valence-electron chi connectivity index (χ4n) is 3.08. The Kier molecular flexibility index (Phi) is 3.28. The molecular formula is C12H21N3. The number of hydrogen-bond acceptors (Lipinski definition) is 3. The minimum Gasteiger partial charge on any atom is -0.311 e. The van der Waals surface area contributed by atoms with Crippen molar-refractivity contribution in [2.75, 3.05) is 7.05 Å². The molecule has 2 bridgehead atoms. The van der Waals surface area contributed by atoms with E-state index in [0.717, 1.165) is 6.42 Å². The lowest BCUT2D eigenvalue weighted by molar-refractivity contribution is 0.145. The summed E-state index contributed by atoms with van der Waals surface area (Å²) in [7, 11) is 2.12. The van der Waals surface area contributed by atoms with Gasteiger partial charge in [0.2, 0.25) is 0 Å². The van der Waals surface area contributed by atoms with Crippen LogP contribution in [0.15, 0.2) is 0 Å². The van der Waals surface area contributed by atoms with Crippen molar-refractivity contribution in [3.8, 4) is 6.07 Å². The summed E-state index contributed by atoms with van der Waals surface area (Å²) in [6, 6.07) is 4.56. The van der Waals surface area contributed by atoms with Crippen molar-refractivity contribution < 1.29 is 0 Å². The van der Waals surface area contributed by atoms with Crippen LogP contribution in [-0.2, 0) is 0 Å². The van der Waals surface area contributed by atoms with Gasteiger partial charge in [-0.15, -0.1) is 0 Å². The van der Waals surface area contributed by atoms with Gasteiger partial charge in [0.05, 0.1) is 12.1 Å². The van der Waals surface area contributed by atoms with E-state index >= 15 is 0 Å². The molecule has 3 atom stereocenters. The number of piperidine rings is 1. The number of nitrogens with one attached hydrogen (secondary N) is 1. The third-order valence-electron chi connectivity index (χ3n) is 4.05. The molecule has 0 radical (unpaired) electrons. The zero-order valence-electron chi connectivity index (χ0n) is 9.74. The Bertz CT molecular complexity index is 246. The Morgan fingerprint density at radius 2 is 2.00 bits per heavy atom. The summed E-state index contributed by atoms with van der Waals surface area (Å²) >= 11 is 0. The molecule has 84 valence electrons. The minimum absolute atomic E-state index is 0.104. The number of nitrogens with zero attached hydrogens (tertiary/aromatic N) is 2. The minimum atomic E-state index is 0.104. The zero-order chi connectivity index (χ0) is 10.8. The number of nitriles is 1. The first-order chi connectivity index (χ1) is 7.24. The molecule has 1 N–H and O–H groups in total. The van der Waals surface area contributed by atoms with Crippen LogP contribution in [0.2, 0.25) is 0 Å². The molecular weight excluding hydrogens is 186 g/mol. The molecule has 2 heterocycles. The predicted molar refractivity (Wildman–Crippen MR) is 60.4 cm³/mol. The van der Waals surface area contributed by atoms with Gasteiger partial charge in [0.15, 0.2) is 0 Å². The van der Waals surface area contributed by atoms with Gasteiger partial charge in [0.25, 0.3) is 0 Å². The average Bonchev–Trinajstić information content (AvgIpc) is 2.59. The highest BCUT2D eigenvalue weighted by molar-refractivity contribution is 4.99. The normalized spacial score (nSPS) is 36.5. The van der Waals surface area contributed by atoms with Crippen molar-refractivity contribution in [1.82, 2.24) is 10.2 Å². The maximum atomic E-state index is 9.07. The molecule has 0 aromatic carbocycles. The van der Waals surface area contributed by atoms with Gasteiger partial charge < -0.3 is 5.32 Å². The first-order valence-corrected chi connectivity index (χ1v) is 6.12. The maximum Gasteiger partial charge on any atom is 0.0975 e. The Morgan fingerprint density at radius 1 is 1.40 bits per heavy atom. The van der Waals surface area contributed by atoms with E-state index < -0.39 is 0 Å². The summed E-state index contributed by atoms with van der Waals surface area (Å²) < 4.78 is 0. The Hall–Kier alpha value is -0.590. The van der Waals surface area contributed by atoms with E-state index in [2.05, 4.69) is 30.3 Å². The zero-order valence-corrected chi connectivity index (χ0v) is 9.74. The van der Waals surface area contributed by atoms with Crippen molar-refractivity contribution in [3.63, 3.8) is 0 Å². The molecule has 0 saturated carbocycles. The summed E-state index contributed by atoms with van der Waals surface area (Å²) in [5.74, 6) is 0. The third-order valence-corrected chi connectivity index (χ3v) is 4.05. The number of rotatable bonds is 3. The number of fused-ring (bicyclic) bond motifs is 2. The summed E-state index contributed by atoms with van der Waals surface area (Å²) in [5, 5.41) is 12.7. The third kappa shape index (κ3) is 2.16. The average molecular weight is 207 g/mol. The van der Waals surface area contributed by atoms with E-state index in [1.807, 2.05) is 0 Å². The second-order valence-electron chi connectivity index (χ2n) is 4.98. The van der Waals surface area contributed by atoms with Crippen molar-refractivity contribution in [1.29, 1.82) is 5.26 Å². The SMILES string of the molecule is CCC(C#N)N(C)C1CC2CCC(C1)N2. The largest absolute Gasteiger partial charge is 0.311 e. The smallest absolute Gasteiger partial charge is 0.0975 e. The van der Waals surface area contributed by atoms with E-state index in [1.165, 1.54) is 25.7 Å². The van der Waals surface area contributed by atoms with Crippen LogP contribution < -0.4 is 5.32 Å². The van der Waals surface area contributed by atoms with E-state index in [4.69, 9.17) is 5.26 Å². The molecule has 0 amide bonds. The molecule has 0 aromatic rings. The van der Waals surface area contributed by atoms with Gasteiger partial charge in [-0.05, 0) is 39.2 Å². The van der Waals surface area contributed by atoms with Crippen molar-refractivity contribution in [2.45, 2.75) is 63.2 Å². The van der Waals surface area contributed by atoms with Crippen molar-refractivity contribution in [3.05, 3.63) is 0 Å². The Labute approximate surface area is 92.4 Å². The summed E-state index contributed by atoms with van der Waals surface area (Å²) in [6.07, 6.45) is 6.05. The van der Waals surface area contributed by atoms with Crippen LogP contribution in [-0.4, -0.2) is 36.1 Å². The molecule has 2 aliphatic rings. The number of hydrogen-bond donors (Lipinski definition) is 1.